The van der Waals surface area contributed by atoms with E-state index in [-0.39, 0.29) is 23.1 Å². The maximum atomic E-state index is 12.5. The highest BCUT2D eigenvalue weighted by atomic mass is 35.5. The number of halogens is 3. The lowest BCUT2D eigenvalue weighted by Crippen LogP contribution is -2.15. The van der Waals surface area contributed by atoms with Gasteiger partial charge < -0.3 is 5.32 Å². The summed E-state index contributed by atoms with van der Waals surface area (Å²) in [6.45, 7) is 2.34. The molecule has 0 atom stereocenters. The van der Waals surface area contributed by atoms with Gasteiger partial charge in [0.15, 0.2) is 5.82 Å². The topological polar surface area (TPSA) is 108 Å². The number of carbonyl (C=O) groups is 1. The van der Waals surface area contributed by atoms with Gasteiger partial charge in [0, 0.05) is 28.4 Å². The number of carbonyl (C=O) groups excluding carboxylic acids is 1. The molecule has 0 saturated heterocycles. The van der Waals surface area contributed by atoms with Gasteiger partial charge in [-0.3, -0.25) is 24.3 Å². The lowest BCUT2D eigenvalue weighted by Gasteiger charge is -2.06. The molecule has 0 fully saturated rings. The van der Waals surface area contributed by atoms with Gasteiger partial charge in [-0.05, 0) is 19.1 Å². The van der Waals surface area contributed by atoms with Crippen molar-refractivity contribution in [1.82, 2.24) is 19.6 Å². The van der Waals surface area contributed by atoms with Crippen LogP contribution in [-0.2, 0) is 13.1 Å². The van der Waals surface area contributed by atoms with Crippen molar-refractivity contribution in [3.63, 3.8) is 0 Å². The smallest absolute Gasteiger partial charge is 0.302 e. The van der Waals surface area contributed by atoms with Gasteiger partial charge in [-0.2, -0.15) is 10.2 Å². The monoisotopic (exact) mass is 442 g/mol. The molecule has 9 nitrogen and oxygen atoms in total. The van der Waals surface area contributed by atoms with E-state index in [4.69, 9.17) is 34.8 Å². The summed E-state index contributed by atoms with van der Waals surface area (Å²) in [6.07, 6.45) is 2.67. The first-order chi connectivity index (χ1) is 13.3. The Morgan fingerprint density at radius 2 is 1.82 bits per heavy atom. The fourth-order valence-corrected chi connectivity index (χ4v) is 3.16. The SMILES string of the molecule is CCn1cc([N+](=O)[O-])c(C(=O)Nc2nn(Cc3c(Cl)cccc3Cl)cc2Cl)n1. The van der Waals surface area contributed by atoms with Crippen LogP contribution in [0.1, 0.15) is 23.0 Å². The zero-order valence-corrected chi connectivity index (χ0v) is 16.7. The van der Waals surface area contributed by atoms with Crippen molar-refractivity contribution in [2.75, 3.05) is 5.32 Å². The highest BCUT2D eigenvalue weighted by molar-refractivity contribution is 6.36. The average molecular weight is 444 g/mol. The Morgan fingerprint density at radius 3 is 2.43 bits per heavy atom. The maximum Gasteiger partial charge on any atom is 0.320 e. The molecule has 0 bridgehead atoms. The Hall–Kier alpha value is -2.62. The van der Waals surface area contributed by atoms with Crippen molar-refractivity contribution in [2.45, 2.75) is 20.0 Å². The van der Waals surface area contributed by atoms with E-state index in [1.54, 1.807) is 25.1 Å². The number of nitrogens with one attached hydrogen (secondary N) is 1. The molecule has 1 amide bonds. The summed E-state index contributed by atoms with van der Waals surface area (Å²) in [5.74, 6) is -0.753. The van der Waals surface area contributed by atoms with Crippen LogP contribution >= 0.6 is 34.8 Å². The van der Waals surface area contributed by atoms with Gasteiger partial charge in [-0.25, -0.2) is 0 Å². The van der Waals surface area contributed by atoms with Crippen molar-refractivity contribution in [2.24, 2.45) is 0 Å². The van der Waals surface area contributed by atoms with E-state index < -0.39 is 16.5 Å². The Balaban J connectivity index is 1.84. The lowest BCUT2D eigenvalue weighted by atomic mass is 10.2. The van der Waals surface area contributed by atoms with Crippen molar-refractivity contribution in [3.05, 3.63) is 67.0 Å². The minimum absolute atomic E-state index is 0.0372. The second-order valence-electron chi connectivity index (χ2n) is 5.65. The molecular formula is C16H13Cl3N6O3. The molecule has 3 rings (SSSR count). The number of benzene rings is 1. The predicted octanol–water partition coefficient (Wildman–Crippen LogP) is 4.27. The minimum atomic E-state index is -0.790. The standard InChI is InChI=1S/C16H13Cl3N6O3/c1-2-23-8-13(25(27)28)14(21-23)16(26)20-15-12(19)7-24(22-15)6-9-10(17)4-3-5-11(9)18/h3-5,7-8H,2,6H2,1H3,(H,20,22,26). The fourth-order valence-electron chi connectivity index (χ4n) is 2.44. The summed E-state index contributed by atoms with van der Waals surface area (Å²) in [4.78, 5) is 22.9. The second-order valence-corrected chi connectivity index (χ2v) is 6.87. The number of rotatable bonds is 6. The van der Waals surface area contributed by atoms with Crippen molar-refractivity contribution < 1.29 is 9.72 Å². The Morgan fingerprint density at radius 1 is 1.14 bits per heavy atom. The van der Waals surface area contributed by atoms with Gasteiger partial charge in [0.1, 0.15) is 11.2 Å². The first-order valence-corrected chi connectivity index (χ1v) is 9.12. The van der Waals surface area contributed by atoms with Gasteiger partial charge in [0.25, 0.3) is 5.91 Å². The van der Waals surface area contributed by atoms with Crippen LogP contribution in [0.25, 0.3) is 0 Å². The van der Waals surface area contributed by atoms with E-state index in [0.717, 1.165) is 0 Å². The minimum Gasteiger partial charge on any atom is -0.302 e. The quantitative estimate of drug-likeness (QED) is 0.452. The molecule has 1 N–H and O–H groups in total. The molecule has 12 heteroatoms. The zero-order valence-electron chi connectivity index (χ0n) is 14.4. The van der Waals surface area contributed by atoms with E-state index in [1.807, 2.05) is 0 Å². The van der Waals surface area contributed by atoms with Crippen molar-refractivity contribution in [1.29, 1.82) is 0 Å². The van der Waals surface area contributed by atoms with Gasteiger partial charge in [0.05, 0.1) is 11.5 Å². The predicted molar refractivity (Wildman–Crippen MR) is 105 cm³/mol. The summed E-state index contributed by atoms with van der Waals surface area (Å²) in [5, 5.41) is 22.8. The number of amides is 1. The summed E-state index contributed by atoms with van der Waals surface area (Å²) in [7, 11) is 0. The highest BCUT2D eigenvalue weighted by Gasteiger charge is 2.26. The fraction of sp³-hybridized carbons (Fsp3) is 0.188. The summed E-state index contributed by atoms with van der Waals surface area (Å²) in [5.41, 5.74) is -0.0930. The molecule has 0 unspecified atom stereocenters. The normalized spacial score (nSPS) is 10.9. The van der Waals surface area contributed by atoms with Crippen LogP contribution in [-0.4, -0.2) is 30.4 Å². The first-order valence-electron chi connectivity index (χ1n) is 7.99. The number of hydrogen-bond acceptors (Lipinski definition) is 5. The van der Waals surface area contributed by atoms with E-state index in [9.17, 15) is 14.9 Å². The van der Waals surface area contributed by atoms with Crippen LogP contribution in [0.2, 0.25) is 15.1 Å². The van der Waals surface area contributed by atoms with Crippen molar-refractivity contribution in [3.8, 4) is 0 Å². The van der Waals surface area contributed by atoms with Gasteiger partial charge in [0.2, 0.25) is 5.69 Å². The average Bonchev–Trinajstić information content (AvgIpc) is 3.22. The molecule has 0 spiro atoms. The lowest BCUT2D eigenvalue weighted by molar-refractivity contribution is -0.385. The first kappa shape index (κ1) is 20.1. The molecule has 3 aromatic rings. The molecule has 0 aliphatic carbocycles. The number of hydrogen-bond donors (Lipinski definition) is 1. The number of aromatic nitrogens is 4. The van der Waals surface area contributed by atoms with Gasteiger partial charge in [-0.1, -0.05) is 40.9 Å². The highest BCUT2D eigenvalue weighted by Crippen LogP contribution is 2.27. The molecule has 28 heavy (non-hydrogen) atoms. The van der Waals surface area contributed by atoms with Gasteiger partial charge in [-0.15, -0.1) is 0 Å². The molecular weight excluding hydrogens is 431 g/mol. The molecule has 0 saturated carbocycles. The van der Waals surface area contributed by atoms with Crippen molar-refractivity contribution >= 4 is 52.2 Å². The van der Waals surface area contributed by atoms with E-state index in [0.29, 0.717) is 22.2 Å². The Bertz CT molecular complexity index is 1040. The zero-order chi connectivity index (χ0) is 20.4. The molecule has 2 heterocycles. The van der Waals surface area contributed by atoms with Crippen LogP contribution in [0.3, 0.4) is 0 Å². The molecule has 0 radical (unpaired) electrons. The third-order valence-corrected chi connectivity index (χ3v) is 4.79. The number of aryl methyl sites for hydroxylation is 1. The molecule has 0 aliphatic heterocycles. The number of nitro groups is 1. The summed E-state index contributed by atoms with van der Waals surface area (Å²) >= 11 is 18.4. The van der Waals surface area contributed by atoms with Crippen LogP contribution in [0.4, 0.5) is 11.5 Å². The third-order valence-electron chi connectivity index (χ3n) is 3.81. The van der Waals surface area contributed by atoms with Crippen LogP contribution in [0.5, 0.6) is 0 Å². The Labute approximate surface area is 173 Å². The van der Waals surface area contributed by atoms with Crippen LogP contribution in [0.15, 0.2) is 30.6 Å². The van der Waals surface area contributed by atoms with E-state index in [1.165, 1.54) is 21.8 Å². The van der Waals surface area contributed by atoms with E-state index in [2.05, 4.69) is 15.5 Å². The molecule has 146 valence electrons. The summed E-state index contributed by atoms with van der Waals surface area (Å²) < 4.78 is 2.75. The third kappa shape index (κ3) is 4.11. The number of nitrogens with zero attached hydrogens (tertiary/aromatic N) is 5. The molecule has 0 aliphatic rings. The van der Waals surface area contributed by atoms with Crippen LogP contribution < -0.4 is 5.32 Å². The second kappa shape index (κ2) is 8.17. The summed E-state index contributed by atoms with van der Waals surface area (Å²) in [6, 6.07) is 5.11. The largest absolute Gasteiger partial charge is 0.320 e. The van der Waals surface area contributed by atoms with Crippen LogP contribution in [0, 0.1) is 10.1 Å². The van der Waals surface area contributed by atoms with E-state index >= 15 is 0 Å². The molecule has 1 aromatic carbocycles. The maximum absolute atomic E-state index is 12.5. The molecule has 2 aromatic heterocycles. The Kier molecular flexibility index (Phi) is 5.87. The number of anilines is 1. The van der Waals surface area contributed by atoms with Gasteiger partial charge >= 0.3 is 5.69 Å².